The number of rotatable bonds is 7. The summed E-state index contributed by atoms with van der Waals surface area (Å²) in [5.74, 6) is -0.284. The van der Waals surface area contributed by atoms with Crippen molar-refractivity contribution in [1.29, 1.82) is 0 Å². The SMILES string of the molecule is CN(C1CCCCC1)S(=O)(=O)c1cccc(C(=O)NCCc2ccccn2)c1. The summed E-state index contributed by atoms with van der Waals surface area (Å²) >= 11 is 0. The van der Waals surface area contributed by atoms with Gasteiger partial charge >= 0.3 is 0 Å². The first-order valence-corrected chi connectivity index (χ1v) is 11.2. The van der Waals surface area contributed by atoms with Gasteiger partial charge in [-0.3, -0.25) is 9.78 Å². The van der Waals surface area contributed by atoms with Crippen LogP contribution in [0, 0.1) is 0 Å². The van der Waals surface area contributed by atoms with E-state index in [1.807, 2.05) is 18.2 Å². The van der Waals surface area contributed by atoms with E-state index in [0.717, 1.165) is 31.4 Å². The highest BCUT2D eigenvalue weighted by Gasteiger charge is 2.29. The standard InChI is InChI=1S/C21H27N3O3S/c1-24(19-10-3-2-4-11-19)28(26,27)20-12-7-8-17(16-20)21(25)23-15-13-18-9-5-6-14-22-18/h5-9,12,14,16,19H,2-4,10-11,13,15H2,1H3,(H,23,25). The minimum atomic E-state index is -3.61. The summed E-state index contributed by atoms with van der Waals surface area (Å²) < 4.78 is 27.5. The summed E-state index contributed by atoms with van der Waals surface area (Å²) in [7, 11) is -1.97. The van der Waals surface area contributed by atoms with E-state index in [0.29, 0.717) is 18.5 Å². The molecule has 0 bridgehead atoms. The molecule has 3 rings (SSSR count). The fraction of sp³-hybridized carbons (Fsp3) is 0.429. The van der Waals surface area contributed by atoms with E-state index in [-0.39, 0.29) is 16.8 Å². The molecule has 6 nitrogen and oxygen atoms in total. The normalized spacial score (nSPS) is 15.5. The van der Waals surface area contributed by atoms with Crippen molar-refractivity contribution >= 4 is 15.9 Å². The molecule has 1 aromatic heterocycles. The van der Waals surface area contributed by atoms with Crippen molar-refractivity contribution in [1.82, 2.24) is 14.6 Å². The monoisotopic (exact) mass is 401 g/mol. The van der Waals surface area contributed by atoms with Gasteiger partial charge in [-0.05, 0) is 43.2 Å². The summed E-state index contributed by atoms with van der Waals surface area (Å²) in [4.78, 5) is 16.8. The molecule has 0 atom stereocenters. The lowest BCUT2D eigenvalue weighted by Gasteiger charge is -2.30. The van der Waals surface area contributed by atoms with Gasteiger partial charge in [0.2, 0.25) is 10.0 Å². The first-order valence-electron chi connectivity index (χ1n) is 9.75. The molecule has 7 heteroatoms. The third kappa shape index (κ3) is 4.97. The largest absolute Gasteiger partial charge is 0.352 e. The number of carbonyl (C=O) groups is 1. The second kappa shape index (κ2) is 9.30. The third-order valence-electron chi connectivity index (χ3n) is 5.25. The summed E-state index contributed by atoms with van der Waals surface area (Å²) in [5.41, 5.74) is 1.24. The van der Waals surface area contributed by atoms with Crippen LogP contribution in [0.4, 0.5) is 0 Å². The zero-order valence-electron chi connectivity index (χ0n) is 16.2. The van der Waals surface area contributed by atoms with Crippen LogP contribution in [-0.2, 0) is 16.4 Å². The lowest BCUT2D eigenvalue weighted by molar-refractivity contribution is 0.0954. The number of amides is 1. The minimum Gasteiger partial charge on any atom is -0.352 e. The van der Waals surface area contributed by atoms with Crippen molar-refractivity contribution in [3.8, 4) is 0 Å². The van der Waals surface area contributed by atoms with E-state index in [2.05, 4.69) is 10.3 Å². The molecule has 28 heavy (non-hydrogen) atoms. The average molecular weight is 402 g/mol. The fourth-order valence-electron chi connectivity index (χ4n) is 3.56. The predicted molar refractivity (Wildman–Crippen MR) is 109 cm³/mol. The molecule has 1 saturated carbocycles. The topological polar surface area (TPSA) is 79.4 Å². The summed E-state index contributed by atoms with van der Waals surface area (Å²) in [6.07, 6.45) is 7.40. The van der Waals surface area contributed by atoms with E-state index in [1.165, 1.54) is 16.8 Å². The Morgan fingerprint density at radius 1 is 1.14 bits per heavy atom. The molecule has 150 valence electrons. The zero-order chi connectivity index (χ0) is 20.0. The molecule has 1 aliphatic carbocycles. The quantitative estimate of drug-likeness (QED) is 0.773. The Morgan fingerprint density at radius 3 is 2.64 bits per heavy atom. The molecule has 0 spiro atoms. The molecular weight excluding hydrogens is 374 g/mol. The predicted octanol–water partition coefficient (Wildman–Crippen LogP) is 3.01. The van der Waals surface area contributed by atoms with Crippen molar-refractivity contribution in [2.75, 3.05) is 13.6 Å². The van der Waals surface area contributed by atoms with E-state index in [1.54, 1.807) is 31.4 Å². The van der Waals surface area contributed by atoms with E-state index in [9.17, 15) is 13.2 Å². The first kappa shape index (κ1) is 20.5. The molecule has 1 N–H and O–H groups in total. The van der Waals surface area contributed by atoms with Gasteiger partial charge < -0.3 is 5.32 Å². The van der Waals surface area contributed by atoms with Gasteiger partial charge in [0.1, 0.15) is 0 Å². The molecule has 1 heterocycles. The summed E-state index contributed by atoms with van der Waals surface area (Å²) in [6.45, 7) is 0.439. The molecule has 0 radical (unpaired) electrons. The fourth-order valence-corrected chi connectivity index (χ4v) is 5.02. The Hall–Kier alpha value is -2.25. The molecule has 1 aliphatic rings. The average Bonchev–Trinajstić information content (AvgIpc) is 2.74. The number of pyridine rings is 1. The molecule has 2 aromatic rings. The van der Waals surface area contributed by atoms with Gasteiger partial charge in [-0.2, -0.15) is 4.31 Å². The van der Waals surface area contributed by atoms with Crippen LogP contribution in [0.1, 0.15) is 48.2 Å². The van der Waals surface area contributed by atoms with Crippen molar-refractivity contribution in [2.24, 2.45) is 0 Å². The number of hydrogen-bond acceptors (Lipinski definition) is 4. The summed E-state index contributed by atoms with van der Waals surface area (Å²) in [5, 5.41) is 2.83. The Labute approximate surface area is 167 Å². The van der Waals surface area contributed by atoms with Gasteiger partial charge in [-0.15, -0.1) is 0 Å². The van der Waals surface area contributed by atoms with Gasteiger partial charge in [0.25, 0.3) is 5.91 Å². The third-order valence-corrected chi connectivity index (χ3v) is 7.16. The van der Waals surface area contributed by atoms with Gasteiger partial charge in [-0.25, -0.2) is 8.42 Å². The molecule has 1 fully saturated rings. The smallest absolute Gasteiger partial charge is 0.251 e. The maximum Gasteiger partial charge on any atom is 0.251 e. The van der Waals surface area contributed by atoms with E-state index in [4.69, 9.17) is 0 Å². The number of nitrogens with one attached hydrogen (secondary N) is 1. The van der Waals surface area contributed by atoms with Crippen molar-refractivity contribution < 1.29 is 13.2 Å². The minimum absolute atomic E-state index is 0.0367. The van der Waals surface area contributed by atoms with Crippen molar-refractivity contribution in [3.63, 3.8) is 0 Å². The Morgan fingerprint density at radius 2 is 1.93 bits per heavy atom. The van der Waals surface area contributed by atoms with E-state index >= 15 is 0 Å². The summed E-state index contributed by atoms with van der Waals surface area (Å²) in [6, 6.07) is 12.0. The van der Waals surface area contributed by atoms with Crippen LogP contribution in [0.2, 0.25) is 0 Å². The first-order chi connectivity index (χ1) is 13.5. The van der Waals surface area contributed by atoms with Crippen molar-refractivity contribution in [3.05, 3.63) is 59.9 Å². The van der Waals surface area contributed by atoms with Gasteiger partial charge in [0.15, 0.2) is 0 Å². The van der Waals surface area contributed by atoms with E-state index < -0.39 is 10.0 Å². The van der Waals surface area contributed by atoms with Gasteiger partial charge in [-0.1, -0.05) is 31.4 Å². The molecule has 1 aromatic carbocycles. The highest BCUT2D eigenvalue weighted by molar-refractivity contribution is 7.89. The number of carbonyl (C=O) groups excluding carboxylic acids is 1. The van der Waals surface area contributed by atoms with Crippen LogP contribution < -0.4 is 5.32 Å². The molecule has 0 aliphatic heterocycles. The highest BCUT2D eigenvalue weighted by Crippen LogP contribution is 2.26. The second-order valence-electron chi connectivity index (χ2n) is 7.17. The Bertz CT molecular complexity index is 894. The Balaban J connectivity index is 1.66. The van der Waals surface area contributed by atoms with Crippen LogP contribution in [0.15, 0.2) is 53.6 Å². The van der Waals surface area contributed by atoms with Crippen LogP contribution in [0.3, 0.4) is 0 Å². The number of benzene rings is 1. The maximum absolute atomic E-state index is 13.0. The molecule has 0 unspecified atom stereocenters. The van der Waals surface area contributed by atoms with Crippen molar-refractivity contribution in [2.45, 2.75) is 49.5 Å². The van der Waals surface area contributed by atoms with Crippen LogP contribution in [0.25, 0.3) is 0 Å². The van der Waals surface area contributed by atoms with Crippen LogP contribution in [0.5, 0.6) is 0 Å². The maximum atomic E-state index is 13.0. The molecule has 0 saturated heterocycles. The van der Waals surface area contributed by atoms with Crippen LogP contribution in [-0.4, -0.2) is 43.2 Å². The molecule has 1 amide bonds. The highest BCUT2D eigenvalue weighted by atomic mass is 32.2. The van der Waals surface area contributed by atoms with Crippen LogP contribution >= 0.6 is 0 Å². The van der Waals surface area contributed by atoms with Gasteiger partial charge in [0.05, 0.1) is 4.90 Å². The lowest BCUT2D eigenvalue weighted by atomic mass is 9.96. The molecular formula is C21H27N3O3S. The second-order valence-corrected chi connectivity index (χ2v) is 9.17. The van der Waals surface area contributed by atoms with Gasteiger partial charge in [0, 0.05) is 43.5 Å². The zero-order valence-corrected chi connectivity index (χ0v) is 17.0. The number of sulfonamides is 1. The lowest BCUT2D eigenvalue weighted by Crippen LogP contribution is -2.38. The Kier molecular flexibility index (Phi) is 6.80. The number of nitrogens with zero attached hydrogens (tertiary/aromatic N) is 2. The number of aromatic nitrogens is 1. The number of hydrogen-bond donors (Lipinski definition) is 1.